The van der Waals surface area contributed by atoms with Crippen molar-refractivity contribution in [3.05, 3.63) is 11.6 Å². The lowest BCUT2D eigenvalue weighted by Crippen LogP contribution is -2.47. The molecular formula is C17H27N. The molecule has 100 valence electrons. The maximum absolute atomic E-state index is 6.34. The summed E-state index contributed by atoms with van der Waals surface area (Å²) >= 11 is 0. The summed E-state index contributed by atoms with van der Waals surface area (Å²) in [5, 5.41) is 0. The van der Waals surface area contributed by atoms with Crippen LogP contribution in [0.15, 0.2) is 11.6 Å². The quantitative estimate of drug-likeness (QED) is 0.730. The molecule has 0 aliphatic heterocycles. The van der Waals surface area contributed by atoms with Crippen LogP contribution in [0, 0.1) is 23.2 Å². The van der Waals surface area contributed by atoms with E-state index in [-0.39, 0.29) is 0 Å². The van der Waals surface area contributed by atoms with Gasteiger partial charge in [0.05, 0.1) is 0 Å². The van der Waals surface area contributed by atoms with Gasteiger partial charge in [-0.25, -0.2) is 0 Å². The van der Waals surface area contributed by atoms with Gasteiger partial charge in [-0.15, -0.1) is 0 Å². The van der Waals surface area contributed by atoms with Crippen molar-refractivity contribution in [1.82, 2.24) is 0 Å². The molecule has 0 heterocycles. The van der Waals surface area contributed by atoms with E-state index >= 15 is 0 Å². The first-order valence-corrected chi connectivity index (χ1v) is 8.17. The normalized spacial score (nSPS) is 50.4. The van der Waals surface area contributed by atoms with Gasteiger partial charge in [0.2, 0.25) is 0 Å². The molecule has 5 aliphatic carbocycles. The Morgan fingerprint density at radius 1 is 1.06 bits per heavy atom. The highest BCUT2D eigenvalue weighted by molar-refractivity contribution is 5.17. The maximum atomic E-state index is 6.34. The Hall–Kier alpha value is -0.300. The van der Waals surface area contributed by atoms with Gasteiger partial charge in [-0.2, -0.15) is 0 Å². The van der Waals surface area contributed by atoms with Crippen molar-refractivity contribution in [3.8, 4) is 0 Å². The average Bonchev–Trinajstić information content (AvgIpc) is 2.30. The van der Waals surface area contributed by atoms with E-state index in [2.05, 4.69) is 6.08 Å². The Balaban J connectivity index is 1.55. The standard InChI is InChI=1S/C17H27N/c18-16-4-2-1-3-15(16)11-17-8-12-5-13(9-17)7-14(6-12)10-17/h3,12-14,16H,1-2,4-11,18H2. The Labute approximate surface area is 111 Å². The van der Waals surface area contributed by atoms with Gasteiger partial charge >= 0.3 is 0 Å². The summed E-state index contributed by atoms with van der Waals surface area (Å²) in [7, 11) is 0. The van der Waals surface area contributed by atoms with E-state index in [9.17, 15) is 0 Å². The van der Waals surface area contributed by atoms with Crippen LogP contribution in [-0.2, 0) is 0 Å². The van der Waals surface area contributed by atoms with Crippen LogP contribution in [0.1, 0.15) is 64.2 Å². The monoisotopic (exact) mass is 245 g/mol. The van der Waals surface area contributed by atoms with Gasteiger partial charge in [0, 0.05) is 6.04 Å². The van der Waals surface area contributed by atoms with Gasteiger partial charge < -0.3 is 5.73 Å². The summed E-state index contributed by atoms with van der Waals surface area (Å²) in [6.45, 7) is 0. The summed E-state index contributed by atoms with van der Waals surface area (Å²) in [6, 6.07) is 0.395. The molecule has 1 unspecified atom stereocenters. The number of allylic oxidation sites excluding steroid dienone is 1. The molecule has 4 fully saturated rings. The van der Waals surface area contributed by atoms with Gasteiger partial charge in [0.25, 0.3) is 0 Å². The lowest BCUT2D eigenvalue weighted by atomic mass is 9.48. The molecule has 4 bridgehead atoms. The maximum Gasteiger partial charge on any atom is 0.0253 e. The first-order valence-electron chi connectivity index (χ1n) is 8.17. The fourth-order valence-corrected chi connectivity index (χ4v) is 6.10. The third kappa shape index (κ3) is 1.86. The molecule has 5 rings (SSSR count). The lowest BCUT2D eigenvalue weighted by molar-refractivity contribution is -0.0528. The third-order valence-corrected chi connectivity index (χ3v) is 6.35. The molecule has 0 spiro atoms. The van der Waals surface area contributed by atoms with Crippen molar-refractivity contribution >= 4 is 0 Å². The fraction of sp³-hybridized carbons (Fsp3) is 0.882. The fourth-order valence-electron chi connectivity index (χ4n) is 6.10. The summed E-state index contributed by atoms with van der Waals surface area (Å²) in [5.41, 5.74) is 8.66. The summed E-state index contributed by atoms with van der Waals surface area (Å²) in [6.07, 6.45) is 17.0. The lowest BCUT2D eigenvalue weighted by Gasteiger charge is -2.57. The summed E-state index contributed by atoms with van der Waals surface area (Å²) in [4.78, 5) is 0. The van der Waals surface area contributed by atoms with E-state index in [1.54, 1.807) is 24.8 Å². The minimum Gasteiger partial charge on any atom is -0.324 e. The van der Waals surface area contributed by atoms with Gasteiger partial charge in [0.1, 0.15) is 0 Å². The highest BCUT2D eigenvalue weighted by atomic mass is 14.7. The molecule has 2 N–H and O–H groups in total. The molecule has 5 aliphatic rings. The Bertz CT molecular complexity index is 333. The molecule has 1 heteroatoms. The van der Waals surface area contributed by atoms with Crippen LogP contribution in [0.25, 0.3) is 0 Å². The number of rotatable bonds is 2. The number of hydrogen-bond acceptors (Lipinski definition) is 1. The van der Waals surface area contributed by atoms with Gasteiger partial charge in [0.15, 0.2) is 0 Å². The number of nitrogens with two attached hydrogens (primary N) is 1. The minimum atomic E-state index is 0.395. The second kappa shape index (κ2) is 4.10. The molecule has 1 atom stereocenters. The SMILES string of the molecule is NC1CCCC=C1CC12CC3CC(CC(C3)C1)C2. The van der Waals surface area contributed by atoms with Crippen molar-refractivity contribution in [1.29, 1.82) is 0 Å². The smallest absolute Gasteiger partial charge is 0.0253 e. The second-order valence-electron chi connectivity index (χ2n) is 7.91. The molecule has 0 radical (unpaired) electrons. The Morgan fingerprint density at radius 3 is 2.22 bits per heavy atom. The van der Waals surface area contributed by atoms with Crippen LogP contribution in [0.5, 0.6) is 0 Å². The van der Waals surface area contributed by atoms with E-state index in [4.69, 9.17) is 5.73 Å². The van der Waals surface area contributed by atoms with Crippen molar-refractivity contribution in [2.45, 2.75) is 70.3 Å². The zero-order valence-corrected chi connectivity index (χ0v) is 11.5. The molecule has 4 saturated carbocycles. The van der Waals surface area contributed by atoms with Crippen molar-refractivity contribution < 1.29 is 0 Å². The van der Waals surface area contributed by atoms with Crippen molar-refractivity contribution in [3.63, 3.8) is 0 Å². The van der Waals surface area contributed by atoms with Gasteiger partial charge in [-0.3, -0.25) is 0 Å². The molecule has 0 aromatic carbocycles. The van der Waals surface area contributed by atoms with Crippen LogP contribution in [0.4, 0.5) is 0 Å². The molecule has 1 nitrogen and oxygen atoms in total. The van der Waals surface area contributed by atoms with E-state index in [0.29, 0.717) is 11.5 Å². The van der Waals surface area contributed by atoms with Crippen LogP contribution >= 0.6 is 0 Å². The summed E-state index contributed by atoms with van der Waals surface area (Å²) in [5.74, 6) is 3.24. The van der Waals surface area contributed by atoms with Gasteiger partial charge in [-0.1, -0.05) is 11.6 Å². The first kappa shape index (κ1) is 11.5. The Kier molecular flexibility index (Phi) is 2.62. The molecule has 18 heavy (non-hydrogen) atoms. The Morgan fingerprint density at radius 2 is 1.67 bits per heavy atom. The zero-order valence-electron chi connectivity index (χ0n) is 11.5. The van der Waals surface area contributed by atoms with E-state index in [0.717, 1.165) is 17.8 Å². The minimum absolute atomic E-state index is 0.395. The van der Waals surface area contributed by atoms with Crippen molar-refractivity contribution in [2.75, 3.05) is 0 Å². The van der Waals surface area contributed by atoms with Crippen LogP contribution in [0.2, 0.25) is 0 Å². The van der Waals surface area contributed by atoms with E-state index in [1.165, 1.54) is 44.9 Å². The van der Waals surface area contributed by atoms with Crippen LogP contribution < -0.4 is 5.73 Å². The van der Waals surface area contributed by atoms with Gasteiger partial charge in [-0.05, 0) is 87.4 Å². The van der Waals surface area contributed by atoms with E-state index < -0.39 is 0 Å². The van der Waals surface area contributed by atoms with Crippen LogP contribution in [0.3, 0.4) is 0 Å². The molecule has 0 aromatic rings. The van der Waals surface area contributed by atoms with E-state index in [1.807, 2.05) is 0 Å². The highest BCUT2D eigenvalue weighted by Crippen LogP contribution is 2.62. The number of hydrogen-bond donors (Lipinski definition) is 1. The largest absolute Gasteiger partial charge is 0.324 e. The molecule has 0 amide bonds. The third-order valence-electron chi connectivity index (χ3n) is 6.35. The molecule has 0 saturated heterocycles. The summed E-state index contributed by atoms with van der Waals surface area (Å²) < 4.78 is 0. The topological polar surface area (TPSA) is 26.0 Å². The first-order chi connectivity index (χ1) is 8.72. The predicted octanol–water partition coefficient (Wildman–Crippen LogP) is 4.03. The predicted molar refractivity (Wildman–Crippen MR) is 75.1 cm³/mol. The second-order valence-corrected chi connectivity index (χ2v) is 7.91. The van der Waals surface area contributed by atoms with Crippen LogP contribution in [-0.4, -0.2) is 6.04 Å². The molecular weight excluding hydrogens is 218 g/mol. The highest BCUT2D eigenvalue weighted by Gasteiger charge is 2.50. The zero-order chi connectivity index (χ0) is 12.2. The van der Waals surface area contributed by atoms with Crippen molar-refractivity contribution in [2.24, 2.45) is 28.9 Å². The average molecular weight is 245 g/mol. The molecule has 0 aromatic heterocycles.